The van der Waals surface area contributed by atoms with Crippen molar-refractivity contribution in [3.8, 4) is 0 Å². The van der Waals surface area contributed by atoms with Gasteiger partial charge in [0.1, 0.15) is 4.60 Å². The van der Waals surface area contributed by atoms with E-state index in [1.54, 1.807) is 16.8 Å². The SMILES string of the molecule is O=c1ccc(Br)nn1C1(C2=CCCC=C2)CC1. The van der Waals surface area contributed by atoms with Gasteiger partial charge in [0.25, 0.3) is 5.56 Å². The smallest absolute Gasteiger partial charge is 0.267 e. The van der Waals surface area contributed by atoms with Crippen LogP contribution in [-0.2, 0) is 5.54 Å². The monoisotopic (exact) mass is 292 g/mol. The zero-order chi connectivity index (χ0) is 11.9. The van der Waals surface area contributed by atoms with E-state index in [2.05, 4.69) is 39.3 Å². The molecule has 0 aromatic carbocycles. The first-order valence-electron chi connectivity index (χ1n) is 5.86. The zero-order valence-corrected chi connectivity index (χ0v) is 11.0. The van der Waals surface area contributed by atoms with Gasteiger partial charge >= 0.3 is 0 Å². The normalized spacial score (nSPS) is 21.1. The summed E-state index contributed by atoms with van der Waals surface area (Å²) in [5.41, 5.74) is 1.06. The average Bonchev–Trinajstić information content (AvgIpc) is 3.15. The van der Waals surface area contributed by atoms with Gasteiger partial charge in [-0.1, -0.05) is 18.2 Å². The quantitative estimate of drug-likeness (QED) is 0.840. The molecule has 0 spiro atoms. The first-order valence-corrected chi connectivity index (χ1v) is 6.65. The molecule has 0 saturated heterocycles. The second kappa shape index (κ2) is 3.95. The fourth-order valence-corrected chi connectivity index (χ4v) is 2.69. The van der Waals surface area contributed by atoms with Crippen LogP contribution in [0.2, 0.25) is 0 Å². The van der Waals surface area contributed by atoms with Gasteiger partial charge in [0, 0.05) is 6.07 Å². The minimum Gasteiger partial charge on any atom is -0.268 e. The van der Waals surface area contributed by atoms with Crippen LogP contribution in [0.3, 0.4) is 0 Å². The average molecular weight is 293 g/mol. The lowest BCUT2D eigenvalue weighted by atomic mass is 9.98. The highest BCUT2D eigenvalue weighted by molar-refractivity contribution is 9.10. The molecule has 1 fully saturated rings. The second-order valence-corrected chi connectivity index (χ2v) is 5.39. The van der Waals surface area contributed by atoms with Gasteiger partial charge in [-0.2, -0.15) is 5.10 Å². The largest absolute Gasteiger partial charge is 0.268 e. The van der Waals surface area contributed by atoms with Gasteiger partial charge in [-0.3, -0.25) is 4.79 Å². The van der Waals surface area contributed by atoms with Crippen molar-refractivity contribution in [2.75, 3.05) is 0 Å². The molecule has 1 saturated carbocycles. The molecule has 88 valence electrons. The van der Waals surface area contributed by atoms with E-state index in [4.69, 9.17) is 0 Å². The molecule has 4 heteroatoms. The summed E-state index contributed by atoms with van der Waals surface area (Å²) in [5, 5.41) is 4.33. The summed E-state index contributed by atoms with van der Waals surface area (Å²) >= 11 is 3.33. The van der Waals surface area contributed by atoms with Crippen molar-refractivity contribution in [2.24, 2.45) is 0 Å². The Bertz CT molecular complexity index is 567. The number of hydrogen-bond acceptors (Lipinski definition) is 2. The Morgan fingerprint density at radius 1 is 1.29 bits per heavy atom. The van der Waals surface area contributed by atoms with Crippen LogP contribution in [0.15, 0.2) is 45.3 Å². The lowest BCUT2D eigenvalue weighted by molar-refractivity contribution is 0.471. The van der Waals surface area contributed by atoms with Crippen molar-refractivity contribution in [3.63, 3.8) is 0 Å². The summed E-state index contributed by atoms with van der Waals surface area (Å²) in [4.78, 5) is 11.9. The van der Waals surface area contributed by atoms with Crippen molar-refractivity contribution in [2.45, 2.75) is 31.2 Å². The minimum atomic E-state index is -0.169. The highest BCUT2D eigenvalue weighted by Gasteiger charge is 2.48. The maximum absolute atomic E-state index is 11.9. The summed E-state index contributed by atoms with van der Waals surface area (Å²) in [5.74, 6) is 0. The summed E-state index contributed by atoms with van der Waals surface area (Å²) in [6, 6.07) is 3.27. The van der Waals surface area contributed by atoms with Crippen LogP contribution < -0.4 is 5.56 Å². The van der Waals surface area contributed by atoms with Gasteiger partial charge < -0.3 is 0 Å². The fraction of sp³-hybridized carbons (Fsp3) is 0.385. The molecular weight excluding hydrogens is 280 g/mol. The van der Waals surface area contributed by atoms with E-state index < -0.39 is 0 Å². The Morgan fingerprint density at radius 2 is 2.12 bits per heavy atom. The number of halogens is 1. The topological polar surface area (TPSA) is 34.9 Å². The van der Waals surface area contributed by atoms with Crippen LogP contribution in [0.25, 0.3) is 0 Å². The Morgan fingerprint density at radius 3 is 2.76 bits per heavy atom. The molecule has 0 atom stereocenters. The standard InChI is InChI=1S/C13H13BrN2O/c14-11-6-7-12(17)16(15-11)13(8-9-13)10-4-2-1-3-5-10/h2,4-7H,1,3,8-9H2. The molecule has 0 radical (unpaired) electrons. The Labute approximate surface area is 108 Å². The van der Waals surface area contributed by atoms with Gasteiger partial charge in [0.15, 0.2) is 0 Å². The van der Waals surface area contributed by atoms with Crippen LogP contribution in [0.4, 0.5) is 0 Å². The summed E-state index contributed by atoms with van der Waals surface area (Å²) in [6.07, 6.45) is 10.7. The molecule has 1 aromatic rings. The van der Waals surface area contributed by atoms with Crippen molar-refractivity contribution >= 4 is 15.9 Å². The molecule has 0 aliphatic heterocycles. The van der Waals surface area contributed by atoms with E-state index in [9.17, 15) is 4.79 Å². The third-order valence-electron chi connectivity index (χ3n) is 3.43. The molecule has 1 heterocycles. The Kier molecular flexibility index (Phi) is 2.54. The van der Waals surface area contributed by atoms with E-state index in [-0.39, 0.29) is 11.1 Å². The molecule has 0 N–H and O–H groups in total. The molecule has 2 aliphatic carbocycles. The molecule has 3 rings (SSSR count). The molecule has 0 amide bonds. The van der Waals surface area contributed by atoms with E-state index >= 15 is 0 Å². The van der Waals surface area contributed by atoms with Crippen LogP contribution >= 0.6 is 15.9 Å². The van der Waals surface area contributed by atoms with Crippen LogP contribution in [0.5, 0.6) is 0 Å². The molecule has 0 bridgehead atoms. The van der Waals surface area contributed by atoms with Crippen molar-refractivity contribution in [1.29, 1.82) is 0 Å². The highest BCUT2D eigenvalue weighted by atomic mass is 79.9. The lowest BCUT2D eigenvalue weighted by Gasteiger charge is -2.20. The summed E-state index contributed by atoms with van der Waals surface area (Å²) in [6.45, 7) is 0. The minimum absolute atomic E-state index is 0.0226. The number of rotatable bonds is 2. The first-order chi connectivity index (χ1) is 8.22. The van der Waals surface area contributed by atoms with Crippen molar-refractivity contribution < 1.29 is 0 Å². The van der Waals surface area contributed by atoms with E-state index in [0.717, 1.165) is 25.7 Å². The maximum Gasteiger partial charge on any atom is 0.267 e. The van der Waals surface area contributed by atoms with E-state index in [1.807, 2.05) is 0 Å². The molecule has 0 unspecified atom stereocenters. The summed E-state index contributed by atoms with van der Waals surface area (Å²) in [7, 11) is 0. The molecule has 1 aromatic heterocycles. The number of hydrogen-bond donors (Lipinski definition) is 0. The predicted octanol–water partition coefficient (Wildman–Crippen LogP) is 2.77. The van der Waals surface area contributed by atoms with Crippen LogP contribution in [0.1, 0.15) is 25.7 Å². The molecule has 17 heavy (non-hydrogen) atoms. The molecule has 3 nitrogen and oxygen atoms in total. The van der Waals surface area contributed by atoms with Gasteiger partial charge in [-0.15, -0.1) is 0 Å². The van der Waals surface area contributed by atoms with Crippen LogP contribution in [0, 0.1) is 0 Å². The van der Waals surface area contributed by atoms with Crippen LogP contribution in [-0.4, -0.2) is 9.78 Å². The Hall–Kier alpha value is -1.16. The zero-order valence-electron chi connectivity index (χ0n) is 9.40. The predicted molar refractivity (Wildman–Crippen MR) is 69.9 cm³/mol. The van der Waals surface area contributed by atoms with Gasteiger partial charge in [0.05, 0.1) is 5.54 Å². The van der Waals surface area contributed by atoms with Gasteiger partial charge in [-0.05, 0) is 53.3 Å². The van der Waals surface area contributed by atoms with Crippen molar-refractivity contribution in [3.05, 3.63) is 50.9 Å². The number of allylic oxidation sites excluding steroid dienone is 4. The summed E-state index contributed by atoms with van der Waals surface area (Å²) < 4.78 is 2.35. The number of nitrogens with zero attached hydrogens (tertiary/aromatic N) is 2. The van der Waals surface area contributed by atoms with Gasteiger partial charge in [-0.25, -0.2) is 4.68 Å². The number of aromatic nitrogens is 2. The Balaban J connectivity index is 2.09. The fourth-order valence-electron chi connectivity index (χ4n) is 2.40. The third-order valence-corrected chi connectivity index (χ3v) is 3.85. The van der Waals surface area contributed by atoms with E-state index in [0.29, 0.717) is 4.60 Å². The van der Waals surface area contributed by atoms with Gasteiger partial charge in [0.2, 0.25) is 0 Å². The third kappa shape index (κ3) is 1.80. The first kappa shape index (κ1) is 11.0. The molecular formula is C13H13BrN2O. The second-order valence-electron chi connectivity index (χ2n) is 4.58. The highest BCUT2D eigenvalue weighted by Crippen LogP contribution is 2.49. The maximum atomic E-state index is 11.9. The lowest BCUT2D eigenvalue weighted by Crippen LogP contribution is -2.33. The van der Waals surface area contributed by atoms with E-state index in [1.165, 1.54) is 5.57 Å². The van der Waals surface area contributed by atoms with Crippen molar-refractivity contribution in [1.82, 2.24) is 9.78 Å². The molecule has 2 aliphatic rings.